The average molecular weight is 428 g/mol. The molecule has 31 heavy (non-hydrogen) atoms. The van der Waals surface area contributed by atoms with Crippen LogP contribution in [0.2, 0.25) is 0 Å². The number of ether oxygens (including phenoxy) is 1. The summed E-state index contributed by atoms with van der Waals surface area (Å²) in [5.41, 5.74) is 7.70. The number of anilines is 1. The first-order valence-corrected chi connectivity index (χ1v) is 10.7. The van der Waals surface area contributed by atoms with Gasteiger partial charge in [0.25, 0.3) is 0 Å². The molecule has 0 aromatic heterocycles. The maximum absolute atomic E-state index is 14.4. The third kappa shape index (κ3) is 3.69. The maximum Gasteiger partial charge on any atom is 0.325 e. The Labute approximate surface area is 180 Å². The van der Waals surface area contributed by atoms with Crippen molar-refractivity contribution in [2.75, 3.05) is 37.7 Å². The predicted molar refractivity (Wildman–Crippen MR) is 113 cm³/mol. The van der Waals surface area contributed by atoms with Gasteiger partial charge in [-0.15, -0.1) is 0 Å². The Morgan fingerprint density at radius 2 is 1.65 bits per heavy atom. The summed E-state index contributed by atoms with van der Waals surface area (Å²) in [7, 11) is 0. The third-order valence-corrected chi connectivity index (χ3v) is 6.79. The number of urea groups is 1. The molecule has 3 aliphatic heterocycles. The van der Waals surface area contributed by atoms with Gasteiger partial charge in [0, 0.05) is 43.5 Å². The fraction of sp³-hybridized carbons (Fsp3) is 0.435. The fourth-order valence-electron chi connectivity index (χ4n) is 4.88. The summed E-state index contributed by atoms with van der Waals surface area (Å²) < 4.78 is 34.3. The lowest BCUT2D eigenvalue weighted by atomic mass is 9.88. The van der Waals surface area contributed by atoms with Crippen molar-refractivity contribution in [2.24, 2.45) is 0 Å². The first kappa shape index (κ1) is 20.4. The Balaban J connectivity index is 1.44. The molecule has 0 saturated carbocycles. The van der Waals surface area contributed by atoms with Gasteiger partial charge in [0.2, 0.25) is 0 Å². The van der Waals surface area contributed by atoms with E-state index in [-0.39, 0.29) is 18.1 Å². The highest BCUT2D eigenvalue weighted by Crippen LogP contribution is 2.39. The van der Waals surface area contributed by atoms with E-state index < -0.39 is 17.2 Å². The van der Waals surface area contributed by atoms with Crippen molar-refractivity contribution < 1.29 is 18.3 Å². The molecule has 0 aliphatic carbocycles. The van der Waals surface area contributed by atoms with Gasteiger partial charge in [-0.05, 0) is 42.7 Å². The Morgan fingerprint density at radius 1 is 1.00 bits per heavy atom. The highest BCUT2D eigenvalue weighted by atomic mass is 19.1. The van der Waals surface area contributed by atoms with Crippen LogP contribution >= 0.6 is 0 Å². The van der Waals surface area contributed by atoms with Crippen molar-refractivity contribution >= 4 is 11.7 Å². The smallest absolute Gasteiger partial charge is 0.325 e. The van der Waals surface area contributed by atoms with Gasteiger partial charge in [0.15, 0.2) is 0 Å². The quantitative estimate of drug-likeness (QED) is 0.786. The van der Waals surface area contributed by atoms with E-state index in [4.69, 9.17) is 4.74 Å². The second-order valence-corrected chi connectivity index (χ2v) is 8.54. The van der Waals surface area contributed by atoms with E-state index in [9.17, 15) is 13.6 Å². The molecule has 1 spiro atoms. The molecule has 0 bridgehead atoms. The molecule has 8 heteroatoms. The molecule has 0 radical (unpaired) electrons. The number of nitrogens with zero attached hydrogens (tertiary/aromatic N) is 2. The number of amides is 2. The van der Waals surface area contributed by atoms with E-state index >= 15 is 0 Å². The monoisotopic (exact) mass is 428 g/mol. The molecule has 2 N–H and O–H groups in total. The topological polar surface area (TPSA) is 56.8 Å². The molecular formula is C23H26F2N4O2. The van der Waals surface area contributed by atoms with Crippen LogP contribution in [0.1, 0.15) is 29.9 Å². The lowest BCUT2D eigenvalue weighted by Crippen LogP contribution is -2.50. The van der Waals surface area contributed by atoms with Crippen LogP contribution in [0.15, 0.2) is 42.5 Å². The summed E-state index contributed by atoms with van der Waals surface area (Å²) in [5.74, 6) is -0.862. The zero-order valence-corrected chi connectivity index (χ0v) is 17.2. The maximum atomic E-state index is 14.4. The van der Waals surface area contributed by atoms with Crippen LogP contribution in [0.5, 0.6) is 0 Å². The van der Waals surface area contributed by atoms with Gasteiger partial charge in [0.1, 0.15) is 11.6 Å². The van der Waals surface area contributed by atoms with Crippen molar-refractivity contribution in [1.82, 2.24) is 15.8 Å². The van der Waals surface area contributed by atoms with E-state index in [0.29, 0.717) is 38.5 Å². The van der Waals surface area contributed by atoms with E-state index in [1.807, 2.05) is 12.1 Å². The number of hydrazine groups is 1. The number of carbonyl (C=O) groups excluding carboxylic acids is 1. The molecule has 5 rings (SSSR count). The van der Waals surface area contributed by atoms with Crippen LogP contribution in [0.3, 0.4) is 0 Å². The number of hydrogen-bond donors (Lipinski definition) is 2. The lowest BCUT2D eigenvalue weighted by molar-refractivity contribution is 0.00557. The summed E-state index contributed by atoms with van der Waals surface area (Å²) in [4.78, 5) is 16.9. The molecular weight excluding hydrogens is 402 g/mol. The molecule has 0 unspecified atom stereocenters. The first-order valence-electron chi connectivity index (χ1n) is 10.7. The SMILES string of the molecule is O=C1N(c2ccc(C3CNNC3)cc2)CC2(CCOCC2)N1Cc1c(F)cccc1F. The van der Waals surface area contributed by atoms with E-state index in [1.54, 1.807) is 9.80 Å². The molecule has 0 atom stereocenters. The van der Waals surface area contributed by atoms with Crippen LogP contribution < -0.4 is 15.8 Å². The third-order valence-electron chi connectivity index (χ3n) is 6.79. The molecule has 3 aliphatic rings. The Hall–Kier alpha value is -2.55. The largest absolute Gasteiger partial charge is 0.381 e. The molecule has 3 heterocycles. The van der Waals surface area contributed by atoms with E-state index in [2.05, 4.69) is 23.0 Å². The first-order chi connectivity index (χ1) is 15.1. The Kier molecular flexibility index (Phi) is 5.37. The molecule has 3 saturated heterocycles. The van der Waals surface area contributed by atoms with Crippen molar-refractivity contribution in [1.29, 1.82) is 0 Å². The molecule has 6 nitrogen and oxygen atoms in total. The number of hydrogen-bond acceptors (Lipinski definition) is 4. The summed E-state index contributed by atoms with van der Waals surface area (Å²) in [5, 5.41) is 0. The highest BCUT2D eigenvalue weighted by Gasteiger charge is 2.51. The summed E-state index contributed by atoms with van der Waals surface area (Å²) >= 11 is 0. The summed E-state index contributed by atoms with van der Waals surface area (Å²) in [6.07, 6.45) is 1.28. The van der Waals surface area contributed by atoms with Crippen LogP contribution in [-0.2, 0) is 11.3 Å². The molecule has 164 valence electrons. The Morgan fingerprint density at radius 3 is 2.29 bits per heavy atom. The second-order valence-electron chi connectivity index (χ2n) is 8.54. The minimum atomic E-state index is -0.628. The van der Waals surface area contributed by atoms with Gasteiger partial charge >= 0.3 is 6.03 Å². The average Bonchev–Trinajstić information content (AvgIpc) is 3.40. The fourth-order valence-corrected chi connectivity index (χ4v) is 4.88. The van der Waals surface area contributed by atoms with Crippen molar-refractivity contribution in [3.63, 3.8) is 0 Å². The number of halogens is 2. The summed E-state index contributed by atoms with van der Waals surface area (Å²) in [6, 6.07) is 11.6. The van der Waals surface area contributed by atoms with Gasteiger partial charge in [-0.25, -0.2) is 13.6 Å². The minimum Gasteiger partial charge on any atom is -0.381 e. The zero-order chi connectivity index (χ0) is 21.4. The van der Waals surface area contributed by atoms with Gasteiger partial charge in [-0.2, -0.15) is 0 Å². The number of rotatable bonds is 4. The predicted octanol–water partition coefficient (Wildman–Crippen LogP) is 3.15. The van der Waals surface area contributed by atoms with Crippen molar-refractivity contribution in [2.45, 2.75) is 30.8 Å². The minimum absolute atomic E-state index is 0.0693. The lowest BCUT2D eigenvalue weighted by Gasteiger charge is -2.40. The van der Waals surface area contributed by atoms with Crippen LogP contribution in [0.25, 0.3) is 0 Å². The van der Waals surface area contributed by atoms with E-state index in [0.717, 1.165) is 18.8 Å². The zero-order valence-electron chi connectivity index (χ0n) is 17.2. The van der Waals surface area contributed by atoms with Crippen molar-refractivity contribution in [3.05, 3.63) is 65.2 Å². The van der Waals surface area contributed by atoms with Crippen LogP contribution in [0, 0.1) is 11.6 Å². The molecule has 3 fully saturated rings. The molecule has 2 aromatic rings. The Bertz CT molecular complexity index is 936. The number of nitrogens with one attached hydrogen (secondary N) is 2. The van der Waals surface area contributed by atoms with Crippen LogP contribution in [-0.4, -0.2) is 49.3 Å². The second kappa shape index (κ2) is 8.18. The summed E-state index contributed by atoms with van der Waals surface area (Å²) in [6.45, 7) is 3.18. The molecule has 2 aromatic carbocycles. The van der Waals surface area contributed by atoms with E-state index in [1.165, 1.54) is 23.8 Å². The van der Waals surface area contributed by atoms with Gasteiger partial charge < -0.3 is 9.64 Å². The standard InChI is InChI=1S/C23H26F2N4O2/c24-20-2-1-3-21(25)19(20)14-29-22(30)28(15-23(29)8-10-31-11-9-23)18-6-4-16(5-7-18)17-12-26-27-13-17/h1-7,17,26-27H,8-15H2. The van der Waals surface area contributed by atoms with Crippen molar-refractivity contribution in [3.8, 4) is 0 Å². The highest BCUT2D eigenvalue weighted by molar-refractivity contribution is 5.95. The van der Waals surface area contributed by atoms with Gasteiger partial charge in [-0.1, -0.05) is 18.2 Å². The van der Waals surface area contributed by atoms with Gasteiger partial charge in [0.05, 0.1) is 18.6 Å². The number of benzene rings is 2. The van der Waals surface area contributed by atoms with Gasteiger partial charge in [-0.3, -0.25) is 15.8 Å². The molecule has 2 amide bonds. The number of carbonyl (C=O) groups is 1. The van der Waals surface area contributed by atoms with Crippen LogP contribution in [0.4, 0.5) is 19.3 Å². The normalized spacial score (nSPS) is 21.4.